The second kappa shape index (κ2) is 6.70. The zero-order valence-corrected chi connectivity index (χ0v) is 10.4. The Morgan fingerprint density at radius 2 is 2.36 bits per heavy atom. The largest absolute Gasteiger partial charge is 0.381 e. The lowest BCUT2D eigenvalue weighted by Crippen LogP contribution is -2.42. The van der Waals surface area contributed by atoms with Crippen LogP contribution in [-0.2, 0) is 4.74 Å². The molecule has 84 valence electrons. The number of nitrogens with one attached hydrogen (secondary N) is 1. The van der Waals surface area contributed by atoms with E-state index in [0.29, 0.717) is 12.1 Å². The van der Waals surface area contributed by atoms with E-state index in [-0.39, 0.29) is 0 Å². The third kappa shape index (κ3) is 3.79. The van der Waals surface area contributed by atoms with Crippen LogP contribution in [0.5, 0.6) is 0 Å². The molecule has 3 atom stereocenters. The summed E-state index contributed by atoms with van der Waals surface area (Å²) in [6, 6.07) is 1.27. The van der Waals surface area contributed by atoms with E-state index in [1.165, 1.54) is 18.6 Å². The average molecular weight is 217 g/mol. The minimum atomic E-state index is 0.621. The Hall–Kier alpha value is 0.270. The number of hydrogen-bond acceptors (Lipinski definition) is 3. The number of rotatable bonds is 6. The molecule has 0 aromatic rings. The zero-order valence-electron chi connectivity index (χ0n) is 9.58. The van der Waals surface area contributed by atoms with Gasteiger partial charge in [-0.1, -0.05) is 6.92 Å². The highest BCUT2D eigenvalue weighted by molar-refractivity contribution is 7.98. The Balaban J connectivity index is 2.29. The molecule has 1 saturated heterocycles. The molecule has 1 N–H and O–H groups in total. The second-order valence-electron chi connectivity index (χ2n) is 4.16. The lowest BCUT2D eigenvalue weighted by Gasteiger charge is -2.26. The Morgan fingerprint density at radius 3 is 2.86 bits per heavy atom. The number of ether oxygens (including phenoxy) is 1. The van der Waals surface area contributed by atoms with Gasteiger partial charge >= 0.3 is 0 Å². The van der Waals surface area contributed by atoms with Gasteiger partial charge in [0.15, 0.2) is 0 Å². The summed E-state index contributed by atoms with van der Waals surface area (Å²) in [5.74, 6) is 1.94. The van der Waals surface area contributed by atoms with Crippen molar-refractivity contribution in [3.63, 3.8) is 0 Å². The van der Waals surface area contributed by atoms with E-state index in [2.05, 4.69) is 25.4 Å². The Kier molecular flexibility index (Phi) is 5.90. The first-order chi connectivity index (χ1) is 6.77. The summed E-state index contributed by atoms with van der Waals surface area (Å²) < 4.78 is 5.44. The standard InChI is InChI=1S/C11H23NOS/c1-4-11(10-5-6-13-7-10)12-9(2)8-14-3/h9-12H,4-8H2,1-3H3. The molecule has 1 heterocycles. The summed E-state index contributed by atoms with van der Waals surface area (Å²) in [7, 11) is 0. The molecule has 0 radical (unpaired) electrons. The van der Waals surface area contributed by atoms with Gasteiger partial charge in [0.25, 0.3) is 0 Å². The average Bonchev–Trinajstić information content (AvgIpc) is 2.67. The molecule has 1 rings (SSSR count). The molecule has 0 amide bonds. The smallest absolute Gasteiger partial charge is 0.0510 e. The van der Waals surface area contributed by atoms with Crippen molar-refractivity contribution in [3.05, 3.63) is 0 Å². The summed E-state index contributed by atoms with van der Waals surface area (Å²) >= 11 is 1.91. The fraction of sp³-hybridized carbons (Fsp3) is 1.00. The van der Waals surface area contributed by atoms with Crippen molar-refractivity contribution in [1.29, 1.82) is 0 Å². The lowest BCUT2D eigenvalue weighted by atomic mass is 9.96. The zero-order chi connectivity index (χ0) is 10.4. The Labute approximate surface area is 92.2 Å². The quantitative estimate of drug-likeness (QED) is 0.736. The summed E-state index contributed by atoms with van der Waals surface area (Å²) in [4.78, 5) is 0. The molecule has 14 heavy (non-hydrogen) atoms. The SMILES string of the molecule is CCC(NC(C)CSC)C1CCOC1. The van der Waals surface area contributed by atoms with Crippen molar-refractivity contribution < 1.29 is 4.74 Å². The third-order valence-corrected chi connectivity index (χ3v) is 3.72. The van der Waals surface area contributed by atoms with Gasteiger partial charge in [0.05, 0.1) is 6.61 Å². The molecule has 3 unspecified atom stereocenters. The molecule has 3 heteroatoms. The van der Waals surface area contributed by atoms with Crippen LogP contribution in [0.2, 0.25) is 0 Å². The maximum Gasteiger partial charge on any atom is 0.0510 e. The van der Waals surface area contributed by atoms with Gasteiger partial charge in [-0.15, -0.1) is 0 Å². The summed E-state index contributed by atoms with van der Waals surface area (Å²) in [5, 5.41) is 3.71. The van der Waals surface area contributed by atoms with E-state index in [0.717, 1.165) is 19.1 Å². The van der Waals surface area contributed by atoms with Gasteiger partial charge in [-0.2, -0.15) is 11.8 Å². The first-order valence-electron chi connectivity index (χ1n) is 5.60. The van der Waals surface area contributed by atoms with E-state index < -0.39 is 0 Å². The summed E-state index contributed by atoms with van der Waals surface area (Å²) in [6.45, 7) is 6.45. The predicted octanol–water partition coefficient (Wildman–Crippen LogP) is 2.14. The number of hydrogen-bond donors (Lipinski definition) is 1. The molecular weight excluding hydrogens is 194 g/mol. The fourth-order valence-electron chi connectivity index (χ4n) is 2.12. The second-order valence-corrected chi connectivity index (χ2v) is 5.07. The van der Waals surface area contributed by atoms with Crippen LogP contribution in [-0.4, -0.2) is 37.3 Å². The van der Waals surface area contributed by atoms with Gasteiger partial charge in [-0.3, -0.25) is 0 Å². The summed E-state index contributed by atoms with van der Waals surface area (Å²) in [6.07, 6.45) is 4.61. The van der Waals surface area contributed by atoms with Crippen molar-refractivity contribution in [2.24, 2.45) is 5.92 Å². The highest BCUT2D eigenvalue weighted by Crippen LogP contribution is 2.19. The Bertz CT molecular complexity index is 148. The van der Waals surface area contributed by atoms with Crippen LogP contribution in [0.25, 0.3) is 0 Å². The van der Waals surface area contributed by atoms with Crippen LogP contribution in [0.15, 0.2) is 0 Å². The monoisotopic (exact) mass is 217 g/mol. The van der Waals surface area contributed by atoms with Crippen molar-refractivity contribution in [3.8, 4) is 0 Å². The van der Waals surface area contributed by atoms with Crippen LogP contribution >= 0.6 is 11.8 Å². The van der Waals surface area contributed by atoms with Gasteiger partial charge in [-0.25, -0.2) is 0 Å². The highest BCUT2D eigenvalue weighted by Gasteiger charge is 2.24. The van der Waals surface area contributed by atoms with Gasteiger partial charge < -0.3 is 10.1 Å². The van der Waals surface area contributed by atoms with Crippen LogP contribution in [0.3, 0.4) is 0 Å². The van der Waals surface area contributed by atoms with E-state index in [9.17, 15) is 0 Å². The minimum Gasteiger partial charge on any atom is -0.381 e. The van der Waals surface area contributed by atoms with E-state index in [4.69, 9.17) is 4.74 Å². The molecule has 0 spiro atoms. The molecule has 1 aliphatic rings. The summed E-state index contributed by atoms with van der Waals surface area (Å²) in [5.41, 5.74) is 0. The molecule has 0 bridgehead atoms. The molecule has 0 aliphatic carbocycles. The first kappa shape index (κ1) is 12.3. The molecule has 2 nitrogen and oxygen atoms in total. The third-order valence-electron chi connectivity index (χ3n) is 2.89. The van der Waals surface area contributed by atoms with Crippen molar-refractivity contribution in [2.45, 2.75) is 38.8 Å². The van der Waals surface area contributed by atoms with Crippen molar-refractivity contribution in [1.82, 2.24) is 5.32 Å². The Morgan fingerprint density at radius 1 is 1.57 bits per heavy atom. The molecule has 0 aromatic heterocycles. The fourth-order valence-corrected chi connectivity index (χ4v) is 2.72. The first-order valence-corrected chi connectivity index (χ1v) is 7.00. The predicted molar refractivity (Wildman–Crippen MR) is 64.0 cm³/mol. The lowest BCUT2D eigenvalue weighted by molar-refractivity contribution is 0.174. The van der Waals surface area contributed by atoms with Crippen LogP contribution in [0.4, 0.5) is 0 Å². The topological polar surface area (TPSA) is 21.3 Å². The minimum absolute atomic E-state index is 0.621. The molecule has 1 fully saturated rings. The van der Waals surface area contributed by atoms with Gasteiger partial charge in [0.1, 0.15) is 0 Å². The van der Waals surface area contributed by atoms with Crippen LogP contribution < -0.4 is 5.32 Å². The maximum absolute atomic E-state index is 5.44. The highest BCUT2D eigenvalue weighted by atomic mass is 32.2. The van der Waals surface area contributed by atoms with Gasteiger partial charge in [0.2, 0.25) is 0 Å². The van der Waals surface area contributed by atoms with Gasteiger partial charge in [-0.05, 0) is 31.9 Å². The molecule has 1 aliphatic heterocycles. The van der Waals surface area contributed by atoms with Crippen molar-refractivity contribution >= 4 is 11.8 Å². The van der Waals surface area contributed by atoms with E-state index in [1.54, 1.807) is 0 Å². The van der Waals surface area contributed by atoms with Crippen LogP contribution in [0, 0.1) is 5.92 Å². The van der Waals surface area contributed by atoms with E-state index in [1.807, 2.05) is 11.8 Å². The maximum atomic E-state index is 5.44. The van der Waals surface area contributed by atoms with Crippen LogP contribution in [0.1, 0.15) is 26.7 Å². The van der Waals surface area contributed by atoms with E-state index >= 15 is 0 Å². The van der Waals surface area contributed by atoms with Crippen molar-refractivity contribution in [2.75, 3.05) is 25.2 Å². The molecular formula is C11H23NOS. The molecule has 0 aromatic carbocycles. The molecule has 0 saturated carbocycles. The number of thioether (sulfide) groups is 1. The normalized spacial score (nSPS) is 26.4. The van der Waals surface area contributed by atoms with Gasteiger partial charge in [0, 0.05) is 24.4 Å².